The fraction of sp³-hybridized carbons (Fsp3) is 0.450. The van der Waals surface area contributed by atoms with Gasteiger partial charge in [-0.15, -0.1) is 11.3 Å². The summed E-state index contributed by atoms with van der Waals surface area (Å²) in [5.74, 6) is 1.17. The molecule has 1 amide bonds. The lowest BCUT2D eigenvalue weighted by atomic mass is 9.78. The van der Waals surface area contributed by atoms with Crippen LogP contribution >= 0.6 is 22.9 Å². The van der Waals surface area contributed by atoms with Gasteiger partial charge >= 0.3 is 0 Å². The van der Waals surface area contributed by atoms with E-state index in [1.807, 2.05) is 42.5 Å². The van der Waals surface area contributed by atoms with Crippen LogP contribution in [-0.2, 0) is 11.3 Å². The molecule has 0 unspecified atom stereocenters. The third-order valence-electron chi connectivity index (χ3n) is 5.31. The normalized spacial score (nSPS) is 20.1. The number of amides is 1. The van der Waals surface area contributed by atoms with E-state index in [0.717, 1.165) is 53.2 Å². The van der Waals surface area contributed by atoms with Crippen LogP contribution in [0.15, 0.2) is 23.6 Å². The number of rotatable bonds is 4. The van der Waals surface area contributed by atoms with E-state index in [1.165, 1.54) is 0 Å². The highest BCUT2D eigenvalue weighted by Gasteiger charge is 2.35. The molecular weight excluding hydrogens is 380 g/mol. The Labute approximate surface area is 167 Å². The van der Waals surface area contributed by atoms with Gasteiger partial charge in [0.1, 0.15) is 10.8 Å². The van der Waals surface area contributed by atoms with Crippen LogP contribution in [-0.4, -0.2) is 32.8 Å². The van der Waals surface area contributed by atoms with Crippen molar-refractivity contribution < 1.29 is 4.79 Å². The number of nitrogens with zero attached hydrogens (tertiary/aromatic N) is 3. The van der Waals surface area contributed by atoms with Crippen molar-refractivity contribution >= 4 is 39.9 Å². The molecule has 1 aliphatic carbocycles. The van der Waals surface area contributed by atoms with E-state index < -0.39 is 0 Å². The lowest BCUT2D eigenvalue weighted by molar-refractivity contribution is -0.136. The van der Waals surface area contributed by atoms with Crippen LogP contribution in [0.3, 0.4) is 0 Å². The van der Waals surface area contributed by atoms with E-state index in [1.54, 1.807) is 11.3 Å². The number of nitrogens with one attached hydrogen (secondary N) is 1. The average molecular weight is 403 g/mol. The molecule has 0 aliphatic heterocycles. The van der Waals surface area contributed by atoms with Gasteiger partial charge in [0.05, 0.1) is 17.6 Å². The number of aromatic amines is 1. The molecule has 2 aromatic heterocycles. The molecule has 0 radical (unpaired) electrons. The summed E-state index contributed by atoms with van der Waals surface area (Å²) in [4.78, 5) is 27.7. The number of carbonyl (C=O) groups is 1. The van der Waals surface area contributed by atoms with Crippen LogP contribution < -0.4 is 0 Å². The number of hydrogen-bond acceptors (Lipinski definition) is 4. The maximum atomic E-state index is 13.2. The molecule has 2 heterocycles. The molecule has 0 bridgehead atoms. The second kappa shape index (κ2) is 7.60. The number of hydrogen-bond donors (Lipinski definition) is 1. The smallest absolute Gasteiger partial charge is 0.226 e. The van der Waals surface area contributed by atoms with Gasteiger partial charge in [0.2, 0.25) is 5.91 Å². The maximum absolute atomic E-state index is 13.2. The van der Waals surface area contributed by atoms with Crippen molar-refractivity contribution in [2.75, 3.05) is 7.05 Å². The van der Waals surface area contributed by atoms with Gasteiger partial charge in [-0.2, -0.15) is 0 Å². The summed E-state index contributed by atoms with van der Waals surface area (Å²) in [5, 5.41) is 3.69. The minimum absolute atomic E-state index is 0.0409. The predicted octanol–water partition coefficient (Wildman–Crippen LogP) is 4.91. The van der Waals surface area contributed by atoms with E-state index >= 15 is 0 Å². The third-order valence-corrected chi connectivity index (χ3v) is 6.50. The number of carbonyl (C=O) groups excluding carboxylic acids is 1. The topological polar surface area (TPSA) is 61.9 Å². The molecule has 27 heavy (non-hydrogen) atoms. The summed E-state index contributed by atoms with van der Waals surface area (Å²) in [5.41, 5.74) is 2.84. The Kier molecular flexibility index (Phi) is 5.19. The van der Waals surface area contributed by atoms with Gasteiger partial charge in [-0.05, 0) is 38.0 Å². The highest BCUT2D eigenvalue weighted by Crippen LogP contribution is 2.38. The molecule has 0 spiro atoms. The molecule has 1 aliphatic rings. The molecule has 3 aromatic rings. The number of aryl methyl sites for hydroxylation is 1. The molecule has 142 valence electrons. The first kappa shape index (κ1) is 18.4. The molecule has 4 rings (SSSR count). The predicted molar refractivity (Wildman–Crippen MR) is 109 cm³/mol. The summed E-state index contributed by atoms with van der Waals surface area (Å²) in [6, 6.07) is 5.67. The van der Waals surface area contributed by atoms with Crippen molar-refractivity contribution in [2.24, 2.45) is 5.92 Å². The van der Waals surface area contributed by atoms with Gasteiger partial charge in [0.15, 0.2) is 0 Å². The van der Waals surface area contributed by atoms with E-state index in [0.29, 0.717) is 11.6 Å². The van der Waals surface area contributed by atoms with Crippen molar-refractivity contribution in [3.63, 3.8) is 0 Å². The zero-order valence-corrected chi connectivity index (χ0v) is 17.1. The standard InChI is InChI=1S/C20H23ClN4OS/c1-12-11-27-18(22-12)10-25(2)20(26)15-6-4-3-5-14(15)19-23-16-8-7-13(21)9-17(16)24-19/h7-9,11,14-15H,3-6,10H2,1-2H3,(H,23,24)/t14-,15-/m0/s1. The van der Waals surface area contributed by atoms with Crippen molar-refractivity contribution in [1.29, 1.82) is 0 Å². The zero-order chi connectivity index (χ0) is 19.0. The van der Waals surface area contributed by atoms with Crippen molar-refractivity contribution in [1.82, 2.24) is 19.9 Å². The van der Waals surface area contributed by atoms with Gasteiger partial charge < -0.3 is 9.88 Å². The Bertz CT molecular complexity index is 966. The lowest BCUT2D eigenvalue weighted by Gasteiger charge is -2.32. The average Bonchev–Trinajstić information content (AvgIpc) is 3.26. The largest absolute Gasteiger partial charge is 0.342 e. The summed E-state index contributed by atoms with van der Waals surface area (Å²) in [6.45, 7) is 2.54. The Balaban J connectivity index is 1.56. The Morgan fingerprint density at radius 3 is 2.93 bits per heavy atom. The molecular formula is C20H23ClN4OS. The highest BCUT2D eigenvalue weighted by atomic mass is 35.5. The molecule has 1 N–H and O–H groups in total. The number of benzene rings is 1. The van der Waals surface area contributed by atoms with E-state index in [4.69, 9.17) is 16.6 Å². The van der Waals surface area contributed by atoms with Gasteiger partial charge in [-0.1, -0.05) is 24.4 Å². The molecule has 7 heteroatoms. The van der Waals surface area contributed by atoms with Crippen LogP contribution in [0.25, 0.3) is 11.0 Å². The first-order valence-corrected chi connectivity index (χ1v) is 10.6. The summed E-state index contributed by atoms with van der Waals surface area (Å²) in [6.07, 6.45) is 4.10. The van der Waals surface area contributed by atoms with E-state index in [2.05, 4.69) is 9.97 Å². The molecule has 1 aromatic carbocycles. The van der Waals surface area contributed by atoms with Crippen molar-refractivity contribution in [3.05, 3.63) is 45.1 Å². The van der Waals surface area contributed by atoms with Gasteiger partial charge in [-0.3, -0.25) is 4.79 Å². The fourth-order valence-corrected chi connectivity index (χ4v) is 4.97. The van der Waals surface area contributed by atoms with Crippen molar-refractivity contribution in [3.8, 4) is 0 Å². The number of thiazole rings is 1. The molecule has 2 atom stereocenters. The maximum Gasteiger partial charge on any atom is 0.226 e. The Morgan fingerprint density at radius 2 is 2.15 bits per heavy atom. The number of H-pyrrole nitrogens is 1. The molecule has 0 saturated heterocycles. The second-order valence-electron chi connectivity index (χ2n) is 7.36. The number of imidazole rings is 1. The minimum Gasteiger partial charge on any atom is -0.342 e. The Morgan fingerprint density at radius 1 is 1.33 bits per heavy atom. The third kappa shape index (κ3) is 3.87. The fourth-order valence-electron chi connectivity index (χ4n) is 3.97. The van der Waals surface area contributed by atoms with Crippen LogP contribution in [0, 0.1) is 12.8 Å². The Hall–Kier alpha value is -1.92. The van der Waals surface area contributed by atoms with Crippen LogP contribution in [0.5, 0.6) is 0 Å². The van der Waals surface area contributed by atoms with Gasteiger partial charge in [0.25, 0.3) is 0 Å². The molecule has 5 nitrogen and oxygen atoms in total. The first-order chi connectivity index (χ1) is 13.0. The van der Waals surface area contributed by atoms with Crippen LogP contribution in [0.1, 0.15) is 48.1 Å². The summed E-state index contributed by atoms with van der Waals surface area (Å²) < 4.78 is 0. The molecule has 1 saturated carbocycles. The first-order valence-electron chi connectivity index (χ1n) is 9.32. The van der Waals surface area contributed by atoms with E-state index in [-0.39, 0.29) is 17.7 Å². The van der Waals surface area contributed by atoms with E-state index in [9.17, 15) is 4.79 Å². The summed E-state index contributed by atoms with van der Waals surface area (Å²) in [7, 11) is 1.88. The van der Waals surface area contributed by atoms with Gasteiger partial charge in [-0.25, -0.2) is 9.97 Å². The van der Waals surface area contributed by atoms with Crippen molar-refractivity contribution in [2.45, 2.75) is 45.1 Å². The number of halogens is 1. The number of fused-ring (bicyclic) bond motifs is 1. The zero-order valence-electron chi connectivity index (χ0n) is 15.5. The SMILES string of the molecule is Cc1csc(CN(C)C(=O)[C@H]2CCCC[C@@H]2c2nc3ccc(Cl)cc3[nH]2)n1. The minimum atomic E-state index is -0.0409. The number of aromatic nitrogens is 3. The lowest BCUT2D eigenvalue weighted by Crippen LogP contribution is -2.37. The quantitative estimate of drug-likeness (QED) is 0.674. The second-order valence-corrected chi connectivity index (χ2v) is 8.74. The van der Waals surface area contributed by atoms with Gasteiger partial charge in [0, 0.05) is 35.0 Å². The monoisotopic (exact) mass is 402 g/mol. The molecule has 1 fully saturated rings. The highest BCUT2D eigenvalue weighted by molar-refractivity contribution is 7.09. The van der Waals surface area contributed by atoms with Crippen LogP contribution in [0.2, 0.25) is 5.02 Å². The summed E-state index contributed by atoms with van der Waals surface area (Å²) >= 11 is 7.71. The van der Waals surface area contributed by atoms with Crippen LogP contribution in [0.4, 0.5) is 0 Å².